The van der Waals surface area contributed by atoms with E-state index in [0.29, 0.717) is 38.7 Å². The molecular weight excluding hydrogens is 218 g/mol. The van der Waals surface area contributed by atoms with E-state index < -0.39 is 0 Å². The first kappa shape index (κ1) is 14.7. The monoisotopic (exact) mass is 237 g/mol. The molecule has 0 unspecified atom stereocenters. The van der Waals surface area contributed by atoms with Crippen molar-refractivity contribution in [2.24, 2.45) is 0 Å². The molecule has 0 aliphatic heterocycles. The van der Waals surface area contributed by atoms with E-state index in [-0.39, 0.29) is 5.91 Å². The van der Waals surface area contributed by atoms with Gasteiger partial charge >= 0.3 is 0 Å². The van der Waals surface area contributed by atoms with Gasteiger partial charge in [0.15, 0.2) is 0 Å². The van der Waals surface area contributed by atoms with Crippen molar-refractivity contribution in [2.45, 2.75) is 19.3 Å². The van der Waals surface area contributed by atoms with Gasteiger partial charge in [0, 0.05) is 26.0 Å². The highest BCUT2D eigenvalue weighted by molar-refractivity contribution is 6.17. The minimum Gasteiger partial charge on any atom is -0.382 e. The summed E-state index contributed by atoms with van der Waals surface area (Å²) in [4.78, 5) is 11.2. The maximum absolute atomic E-state index is 11.2. The number of carbonyl (C=O) groups excluding carboxylic acids is 1. The summed E-state index contributed by atoms with van der Waals surface area (Å²) >= 11 is 5.50. The predicted molar refractivity (Wildman–Crippen MR) is 60.3 cm³/mol. The summed E-state index contributed by atoms with van der Waals surface area (Å²) in [5, 5.41) is 2.77. The predicted octanol–water partition coefficient (Wildman–Crippen LogP) is 1.17. The number of amides is 1. The van der Waals surface area contributed by atoms with Crippen molar-refractivity contribution in [1.82, 2.24) is 5.32 Å². The number of hydrogen-bond acceptors (Lipinski definition) is 3. The normalized spacial score (nSPS) is 10.3. The van der Waals surface area contributed by atoms with E-state index in [9.17, 15) is 4.79 Å². The third kappa shape index (κ3) is 11.6. The Bertz CT molecular complexity index is 156. The van der Waals surface area contributed by atoms with Crippen LogP contribution in [0.15, 0.2) is 0 Å². The van der Waals surface area contributed by atoms with E-state index in [1.165, 1.54) is 0 Å². The summed E-state index contributed by atoms with van der Waals surface area (Å²) in [6.45, 7) is 2.25. The molecule has 0 spiro atoms. The maximum Gasteiger partial charge on any atom is 0.220 e. The zero-order chi connectivity index (χ0) is 11.4. The summed E-state index contributed by atoms with van der Waals surface area (Å²) < 4.78 is 10.00. The first-order chi connectivity index (χ1) is 7.31. The number of methoxy groups -OCH3 is 1. The zero-order valence-electron chi connectivity index (χ0n) is 9.26. The van der Waals surface area contributed by atoms with Crippen molar-refractivity contribution in [3.05, 3.63) is 0 Å². The van der Waals surface area contributed by atoms with Gasteiger partial charge in [-0.3, -0.25) is 4.79 Å². The van der Waals surface area contributed by atoms with Crippen LogP contribution in [0.2, 0.25) is 0 Å². The molecule has 4 nitrogen and oxygen atoms in total. The van der Waals surface area contributed by atoms with Crippen LogP contribution in [0.3, 0.4) is 0 Å². The lowest BCUT2D eigenvalue weighted by Crippen LogP contribution is -2.27. The minimum absolute atomic E-state index is 0.0652. The molecule has 90 valence electrons. The van der Waals surface area contributed by atoms with Crippen LogP contribution in [0.1, 0.15) is 19.3 Å². The van der Waals surface area contributed by atoms with Gasteiger partial charge in [0.05, 0.1) is 19.8 Å². The van der Waals surface area contributed by atoms with Crippen LogP contribution in [0.25, 0.3) is 0 Å². The van der Waals surface area contributed by atoms with Crippen molar-refractivity contribution in [3.63, 3.8) is 0 Å². The highest BCUT2D eigenvalue weighted by atomic mass is 35.5. The van der Waals surface area contributed by atoms with Crippen LogP contribution in [-0.4, -0.2) is 45.3 Å². The highest BCUT2D eigenvalue weighted by Crippen LogP contribution is 1.96. The first-order valence-corrected chi connectivity index (χ1v) is 5.74. The molecule has 0 aliphatic carbocycles. The van der Waals surface area contributed by atoms with Gasteiger partial charge in [-0.25, -0.2) is 0 Å². The third-order valence-electron chi connectivity index (χ3n) is 1.79. The average molecular weight is 238 g/mol. The van der Waals surface area contributed by atoms with Crippen LogP contribution in [0.5, 0.6) is 0 Å². The van der Waals surface area contributed by atoms with Crippen molar-refractivity contribution >= 4 is 17.5 Å². The smallest absolute Gasteiger partial charge is 0.220 e. The van der Waals surface area contributed by atoms with Crippen molar-refractivity contribution < 1.29 is 14.3 Å². The molecule has 0 rings (SSSR count). The largest absolute Gasteiger partial charge is 0.382 e. The molecule has 0 atom stereocenters. The Morgan fingerprint density at radius 1 is 1.27 bits per heavy atom. The van der Waals surface area contributed by atoms with E-state index in [1.807, 2.05) is 0 Å². The van der Waals surface area contributed by atoms with E-state index in [0.717, 1.165) is 12.8 Å². The molecule has 0 saturated heterocycles. The van der Waals surface area contributed by atoms with E-state index in [1.54, 1.807) is 7.11 Å². The Morgan fingerprint density at radius 3 is 2.73 bits per heavy atom. The number of rotatable bonds is 10. The molecule has 0 radical (unpaired) electrons. The fourth-order valence-electron chi connectivity index (χ4n) is 0.975. The van der Waals surface area contributed by atoms with Crippen LogP contribution in [-0.2, 0) is 14.3 Å². The molecule has 0 aromatic heterocycles. The van der Waals surface area contributed by atoms with Gasteiger partial charge in [-0.1, -0.05) is 0 Å². The molecule has 0 heterocycles. The van der Waals surface area contributed by atoms with E-state index >= 15 is 0 Å². The molecule has 0 aromatic carbocycles. The van der Waals surface area contributed by atoms with Crippen molar-refractivity contribution in [1.29, 1.82) is 0 Å². The van der Waals surface area contributed by atoms with Crippen LogP contribution in [0, 0.1) is 0 Å². The number of nitrogens with one attached hydrogen (secondary N) is 1. The molecule has 0 saturated carbocycles. The lowest BCUT2D eigenvalue weighted by Gasteiger charge is -2.05. The second kappa shape index (κ2) is 11.8. The van der Waals surface area contributed by atoms with E-state index in [4.69, 9.17) is 21.1 Å². The number of hydrogen-bond donors (Lipinski definition) is 1. The van der Waals surface area contributed by atoms with Crippen LogP contribution in [0.4, 0.5) is 0 Å². The van der Waals surface area contributed by atoms with Crippen LogP contribution < -0.4 is 5.32 Å². The SMILES string of the molecule is COCCOCCNC(=O)CCCCCl. The lowest BCUT2D eigenvalue weighted by molar-refractivity contribution is -0.121. The number of alkyl halides is 1. The van der Waals surface area contributed by atoms with Gasteiger partial charge < -0.3 is 14.8 Å². The molecule has 1 N–H and O–H groups in total. The number of carbonyl (C=O) groups is 1. The van der Waals surface area contributed by atoms with Crippen molar-refractivity contribution in [3.8, 4) is 0 Å². The third-order valence-corrected chi connectivity index (χ3v) is 2.06. The maximum atomic E-state index is 11.2. The Labute approximate surface area is 96.3 Å². The molecule has 15 heavy (non-hydrogen) atoms. The molecule has 0 fully saturated rings. The second-order valence-electron chi connectivity index (χ2n) is 3.10. The molecular formula is C10H20ClNO3. The Hall–Kier alpha value is -0.320. The molecule has 0 bridgehead atoms. The van der Waals surface area contributed by atoms with Gasteiger partial charge in [-0.2, -0.15) is 0 Å². The lowest BCUT2D eigenvalue weighted by atomic mass is 10.2. The Balaban J connectivity index is 3.10. The second-order valence-corrected chi connectivity index (χ2v) is 3.48. The summed E-state index contributed by atoms with van der Waals surface area (Å²) in [5.74, 6) is 0.684. The number of halogens is 1. The van der Waals surface area contributed by atoms with Crippen LogP contribution >= 0.6 is 11.6 Å². The number of unbranched alkanes of at least 4 members (excludes halogenated alkanes) is 1. The molecule has 0 aromatic rings. The molecule has 0 aliphatic rings. The van der Waals surface area contributed by atoms with Gasteiger partial charge in [0.2, 0.25) is 5.91 Å². The summed E-state index contributed by atoms with van der Waals surface area (Å²) in [6, 6.07) is 0. The summed E-state index contributed by atoms with van der Waals surface area (Å²) in [7, 11) is 1.63. The van der Waals surface area contributed by atoms with Crippen molar-refractivity contribution in [2.75, 3.05) is 39.4 Å². The minimum atomic E-state index is 0.0652. The van der Waals surface area contributed by atoms with E-state index in [2.05, 4.69) is 5.32 Å². The fraction of sp³-hybridized carbons (Fsp3) is 0.900. The highest BCUT2D eigenvalue weighted by Gasteiger charge is 1.99. The van der Waals surface area contributed by atoms with Gasteiger partial charge in [-0.15, -0.1) is 11.6 Å². The van der Waals surface area contributed by atoms with Gasteiger partial charge in [0.25, 0.3) is 0 Å². The zero-order valence-corrected chi connectivity index (χ0v) is 10.0. The summed E-state index contributed by atoms with van der Waals surface area (Å²) in [5.41, 5.74) is 0. The first-order valence-electron chi connectivity index (χ1n) is 5.20. The fourth-order valence-corrected chi connectivity index (χ4v) is 1.16. The quantitative estimate of drug-likeness (QED) is 0.459. The topological polar surface area (TPSA) is 47.6 Å². The standard InChI is InChI=1S/C10H20ClNO3/c1-14-8-9-15-7-6-12-10(13)4-2-3-5-11/h2-9H2,1H3,(H,12,13). The average Bonchev–Trinajstić information content (AvgIpc) is 2.23. The van der Waals surface area contributed by atoms with Gasteiger partial charge in [0.1, 0.15) is 0 Å². The number of ether oxygens (including phenoxy) is 2. The summed E-state index contributed by atoms with van der Waals surface area (Å²) in [6.07, 6.45) is 2.28. The van der Waals surface area contributed by atoms with Gasteiger partial charge in [-0.05, 0) is 12.8 Å². The Kier molecular flexibility index (Phi) is 11.5. The Morgan fingerprint density at radius 2 is 2.07 bits per heavy atom. The molecule has 5 heteroatoms. The molecule has 1 amide bonds.